The van der Waals surface area contributed by atoms with Crippen LogP contribution in [0, 0.1) is 6.92 Å². The normalized spacial score (nSPS) is 10.7. The molecule has 1 heterocycles. The third kappa shape index (κ3) is 3.14. The summed E-state index contributed by atoms with van der Waals surface area (Å²) in [6, 6.07) is 9.37. The maximum atomic E-state index is 11.8. The number of amides is 1. The average Bonchev–Trinajstić information content (AvgIpc) is 2.78. The molecule has 0 saturated heterocycles. The van der Waals surface area contributed by atoms with Crippen LogP contribution in [0.15, 0.2) is 42.6 Å². The van der Waals surface area contributed by atoms with Gasteiger partial charge in [0, 0.05) is 18.0 Å². The third-order valence-electron chi connectivity index (χ3n) is 2.78. The molecule has 0 atom stereocenters. The van der Waals surface area contributed by atoms with E-state index < -0.39 is 5.97 Å². The fourth-order valence-electron chi connectivity index (χ4n) is 1.81. The molecule has 5 nitrogen and oxygen atoms in total. The zero-order valence-electron chi connectivity index (χ0n) is 10.9. The predicted molar refractivity (Wildman–Crippen MR) is 76.6 cm³/mol. The highest BCUT2D eigenvalue weighted by Gasteiger charge is 2.16. The highest BCUT2D eigenvalue weighted by molar-refractivity contribution is 6.06. The zero-order chi connectivity index (χ0) is 14.5. The molecule has 0 spiro atoms. The lowest BCUT2D eigenvalue weighted by molar-refractivity contribution is -0.111. The van der Waals surface area contributed by atoms with Crippen molar-refractivity contribution in [3.05, 3.63) is 59.4 Å². The molecule has 0 unspecified atom stereocenters. The lowest BCUT2D eigenvalue weighted by Gasteiger charge is -2.01. The Bertz CT molecular complexity index is 657. The van der Waals surface area contributed by atoms with Gasteiger partial charge in [0.25, 0.3) is 0 Å². The van der Waals surface area contributed by atoms with Gasteiger partial charge in [0.1, 0.15) is 5.56 Å². The van der Waals surface area contributed by atoms with Crippen molar-refractivity contribution in [3.63, 3.8) is 0 Å². The van der Waals surface area contributed by atoms with Gasteiger partial charge >= 0.3 is 5.97 Å². The summed E-state index contributed by atoms with van der Waals surface area (Å²) in [5.41, 5.74) is 1.73. The number of hydrogen-bond acceptors (Lipinski definition) is 2. The van der Waals surface area contributed by atoms with E-state index >= 15 is 0 Å². The van der Waals surface area contributed by atoms with E-state index in [-0.39, 0.29) is 17.2 Å². The van der Waals surface area contributed by atoms with E-state index in [9.17, 15) is 9.59 Å². The van der Waals surface area contributed by atoms with E-state index in [1.54, 1.807) is 13.0 Å². The Morgan fingerprint density at radius 2 is 1.95 bits per heavy atom. The second kappa shape index (κ2) is 5.88. The number of nitrogens with one attached hydrogen (secondary N) is 2. The van der Waals surface area contributed by atoms with Crippen molar-refractivity contribution < 1.29 is 14.7 Å². The molecule has 2 aromatic rings. The number of carboxylic acids is 1. The fourth-order valence-corrected chi connectivity index (χ4v) is 1.81. The molecule has 0 radical (unpaired) electrons. The van der Waals surface area contributed by atoms with E-state index in [4.69, 9.17) is 5.11 Å². The maximum absolute atomic E-state index is 11.8. The summed E-state index contributed by atoms with van der Waals surface area (Å²) in [4.78, 5) is 25.6. The first kappa shape index (κ1) is 13.6. The quantitative estimate of drug-likeness (QED) is 0.747. The monoisotopic (exact) mass is 270 g/mol. The van der Waals surface area contributed by atoms with Crippen LogP contribution in [0.4, 0.5) is 5.69 Å². The molecule has 1 amide bonds. The van der Waals surface area contributed by atoms with Crippen molar-refractivity contribution >= 4 is 23.6 Å². The smallest absolute Gasteiger partial charge is 0.339 e. The Labute approximate surface area is 115 Å². The van der Waals surface area contributed by atoms with Gasteiger partial charge in [-0.25, -0.2) is 4.79 Å². The van der Waals surface area contributed by atoms with Gasteiger partial charge in [-0.05, 0) is 18.6 Å². The minimum Gasteiger partial charge on any atom is -0.478 e. The molecular formula is C15H14N2O3. The molecule has 0 saturated carbocycles. The molecule has 1 aromatic heterocycles. The standard InChI is InChI=1S/C15H14N2O3/c1-10-14(15(19)20)12(9-16-10)17-13(18)8-7-11-5-3-2-4-6-11/h2-9,16H,1H3,(H,17,18)(H,19,20)/b8-7+. The summed E-state index contributed by atoms with van der Waals surface area (Å²) in [7, 11) is 0. The third-order valence-corrected chi connectivity index (χ3v) is 2.78. The number of aromatic nitrogens is 1. The molecule has 3 N–H and O–H groups in total. The topological polar surface area (TPSA) is 82.2 Å². The van der Waals surface area contributed by atoms with Crippen LogP contribution in [0.3, 0.4) is 0 Å². The average molecular weight is 270 g/mol. The lowest BCUT2D eigenvalue weighted by atomic mass is 10.2. The number of aromatic carboxylic acids is 1. The molecule has 102 valence electrons. The van der Waals surface area contributed by atoms with Crippen molar-refractivity contribution in [3.8, 4) is 0 Å². The zero-order valence-corrected chi connectivity index (χ0v) is 10.9. The fraction of sp³-hybridized carbons (Fsp3) is 0.0667. The van der Waals surface area contributed by atoms with E-state index in [0.717, 1.165) is 5.56 Å². The number of carboxylic acid groups (broad SMARTS) is 1. The number of carbonyl (C=O) groups excluding carboxylic acids is 1. The van der Waals surface area contributed by atoms with Crippen molar-refractivity contribution in [2.24, 2.45) is 0 Å². The van der Waals surface area contributed by atoms with Crippen molar-refractivity contribution in [2.75, 3.05) is 5.32 Å². The Balaban J connectivity index is 2.09. The molecule has 0 bridgehead atoms. The number of anilines is 1. The van der Waals surface area contributed by atoms with Gasteiger partial charge in [-0.3, -0.25) is 4.79 Å². The SMILES string of the molecule is Cc1[nH]cc(NC(=O)/C=C/c2ccccc2)c1C(=O)O. The van der Waals surface area contributed by atoms with Gasteiger partial charge in [0.05, 0.1) is 5.69 Å². The Morgan fingerprint density at radius 1 is 1.25 bits per heavy atom. The molecule has 20 heavy (non-hydrogen) atoms. The Hall–Kier alpha value is -2.82. The highest BCUT2D eigenvalue weighted by atomic mass is 16.4. The molecule has 2 rings (SSSR count). The van der Waals surface area contributed by atoms with E-state index in [1.165, 1.54) is 12.3 Å². The Kier molecular flexibility index (Phi) is 4.00. The van der Waals surface area contributed by atoms with E-state index in [2.05, 4.69) is 10.3 Å². The molecule has 0 aliphatic heterocycles. The number of rotatable bonds is 4. The van der Waals surface area contributed by atoms with Gasteiger partial charge in [0.15, 0.2) is 0 Å². The molecular weight excluding hydrogens is 256 g/mol. The number of carbonyl (C=O) groups is 2. The van der Waals surface area contributed by atoms with Gasteiger partial charge in [0.2, 0.25) is 5.91 Å². The first-order chi connectivity index (χ1) is 9.58. The second-order valence-electron chi connectivity index (χ2n) is 4.24. The van der Waals surface area contributed by atoms with E-state index in [0.29, 0.717) is 5.69 Å². The molecule has 1 aromatic carbocycles. The van der Waals surface area contributed by atoms with Gasteiger partial charge in [-0.15, -0.1) is 0 Å². The second-order valence-corrected chi connectivity index (χ2v) is 4.24. The number of aromatic amines is 1. The predicted octanol–water partition coefficient (Wildman–Crippen LogP) is 2.67. The maximum Gasteiger partial charge on any atom is 0.339 e. The van der Waals surface area contributed by atoms with Crippen LogP contribution >= 0.6 is 0 Å². The van der Waals surface area contributed by atoms with Crippen LogP contribution in [-0.4, -0.2) is 22.0 Å². The van der Waals surface area contributed by atoms with Crippen LogP contribution in [0.1, 0.15) is 21.6 Å². The van der Waals surface area contributed by atoms with Crippen molar-refractivity contribution in [2.45, 2.75) is 6.92 Å². The first-order valence-corrected chi connectivity index (χ1v) is 6.03. The summed E-state index contributed by atoms with van der Waals surface area (Å²) in [5, 5.41) is 11.6. The van der Waals surface area contributed by atoms with Crippen LogP contribution < -0.4 is 5.32 Å². The number of aryl methyl sites for hydroxylation is 1. The lowest BCUT2D eigenvalue weighted by Crippen LogP contribution is -2.10. The number of benzene rings is 1. The van der Waals surface area contributed by atoms with Crippen LogP contribution in [0.25, 0.3) is 6.08 Å². The first-order valence-electron chi connectivity index (χ1n) is 6.03. The molecule has 0 aliphatic carbocycles. The molecule has 5 heteroatoms. The summed E-state index contributed by atoms with van der Waals surface area (Å²) in [5.74, 6) is -1.46. The minimum atomic E-state index is -1.08. The van der Waals surface area contributed by atoms with Crippen molar-refractivity contribution in [1.29, 1.82) is 0 Å². The summed E-state index contributed by atoms with van der Waals surface area (Å²) in [6.07, 6.45) is 4.49. The van der Waals surface area contributed by atoms with Gasteiger partial charge < -0.3 is 15.4 Å². The summed E-state index contributed by atoms with van der Waals surface area (Å²) in [6.45, 7) is 1.64. The number of hydrogen-bond donors (Lipinski definition) is 3. The minimum absolute atomic E-state index is 0.0754. The van der Waals surface area contributed by atoms with Crippen LogP contribution in [-0.2, 0) is 4.79 Å². The van der Waals surface area contributed by atoms with Crippen LogP contribution in [0.5, 0.6) is 0 Å². The van der Waals surface area contributed by atoms with Crippen LogP contribution in [0.2, 0.25) is 0 Å². The van der Waals surface area contributed by atoms with Gasteiger partial charge in [-0.2, -0.15) is 0 Å². The highest BCUT2D eigenvalue weighted by Crippen LogP contribution is 2.19. The van der Waals surface area contributed by atoms with Crippen molar-refractivity contribution in [1.82, 2.24) is 4.98 Å². The summed E-state index contributed by atoms with van der Waals surface area (Å²) >= 11 is 0. The summed E-state index contributed by atoms with van der Waals surface area (Å²) < 4.78 is 0. The molecule has 0 fully saturated rings. The van der Waals surface area contributed by atoms with Gasteiger partial charge in [-0.1, -0.05) is 30.3 Å². The largest absolute Gasteiger partial charge is 0.478 e. The molecule has 0 aliphatic rings. The Morgan fingerprint density at radius 3 is 2.60 bits per heavy atom. The van der Waals surface area contributed by atoms with E-state index in [1.807, 2.05) is 30.3 Å². The number of H-pyrrole nitrogens is 1.